The van der Waals surface area contributed by atoms with E-state index in [1.807, 2.05) is 19.1 Å². The van der Waals surface area contributed by atoms with Crippen LogP contribution in [0, 0.1) is 0 Å². The molecular weight excluding hydrogens is 250 g/mol. The topological polar surface area (TPSA) is 20.3 Å². The first-order valence-corrected chi connectivity index (χ1v) is 6.07. The van der Waals surface area contributed by atoms with Crippen molar-refractivity contribution in [1.29, 1.82) is 0 Å². The SMILES string of the molecule is CC1SC(=S)N(c2ccccc2Cl)C1=O. The number of carbonyl (C=O) groups is 1. The molecule has 1 atom stereocenters. The molecular formula is C10H8ClNOS2. The molecule has 0 spiro atoms. The molecule has 15 heavy (non-hydrogen) atoms. The summed E-state index contributed by atoms with van der Waals surface area (Å²) in [7, 11) is 0. The number of para-hydroxylation sites is 1. The van der Waals surface area contributed by atoms with Crippen molar-refractivity contribution in [3.8, 4) is 0 Å². The Hall–Kier alpha value is -0.580. The summed E-state index contributed by atoms with van der Waals surface area (Å²) in [5, 5.41) is 0.427. The number of anilines is 1. The average Bonchev–Trinajstić information content (AvgIpc) is 2.43. The van der Waals surface area contributed by atoms with Gasteiger partial charge in [-0.25, -0.2) is 0 Å². The highest BCUT2D eigenvalue weighted by Crippen LogP contribution is 2.35. The number of thiocarbonyl (C=S) groups is 1. The van der Waals surface area contributed by atoms with Gasteiger partial charge in [0.1, 0.15) is 4.32 Å². The van der Waals surface area contributed by atoms with Gasteiger partial charge in [-0.15, -0.1) is 0 Å². The van der Waals surface area contributed by atoms with Gasteiger partial charge in [0.25, 0.3) is 0 Å². The van der Waals surface area contributed by atoms with Crippen LogP contribution in [0.5, 0.6) is 0 Å². The van der Waals surface area contributed by atoms with Crippen LogP contribution in [0.2, 0.25) is 5.02 Å². The number of nitrogens with zero attached hydrogens (tertiary/aromatic N) is 1. The first kappa shape index (κ1) is 10.9. The maximum absolute atomic E-state index is 11.8. The lowest BCUT2D eigenvalue weighted by Crippen LogP contribution is -2.30. The number of halogens is 1. The zero-order valence-electron chi connectivity index (χ0n) is 7.94. The van der Waals surface area contributed by atoms with E-state index in [1.165, 1.54) is 16.7 Å². The van der Waals surface area contributed by atoms with Gasteiger partial charge >= 0.3 is 0 Å². The molecule has 1 saturated heterocycles. The molecule has 1 unspecified atom stereocenters. The van der Waals surface area contributed by atoms with Crippen molar-refractivity contribution in [2.75, 3.05) is 4.90 Å². The smallest absolute Gasteiger partial charge is 0.245 e. The average molecular weight is 258 g/mol. The number of thioether (sulfide) groups is 1. The third kappa shape index (κ3) is 1.89. The minimum atomic E-state index is -0.117. The minimum Gasteiger partial charge on any atom is -0.273 e. The Balaban J connectivity index is 2.44. The quantitative estimate of drug-likeness (QED) is 0.721. The van der Waals surface area contributed by atoms with Gasteiger partial charge in [-0.3, -0.25) is 9.69 Å². The Morgan fingerprint density at radius 1 is 1.47 bits per heavy atom. The van der Waals surface area contributed by atoms with Crippen LogP contribution in [-0.4, -0.2) is 15.5 Å². The van der Waals surface area contributed by atoms with E-state index in [0.29, 0.717) is 15.0 Å². The first-order valence-electron chi connectivity index (χ1n) is 4.40. The van der Waals surface area contributed by atoms with Crippen molar-refractivity contribution in [2.24, 2.45) is 0 Å². The fourth-order valence-electron chi connectivity index (χ4n) is 1.38. The molecule has 1 aliphatic rings. The normalized spacial score (nSPS) is 21.2. The minimum absolute atomic E-state index is 0.00176. The highest BCUT2D eigenvalue weighted by molar-refractivity contribution is 8.25. The van der Waals surface area contributed by atoms with E-state index in [9.17, 15) is 4.79 Å². The van der Waals surface area contributed by atoms with E-state index in [1.54, 1.807) is 12.1 Å². The molecule has 1 heterocycles. The monoisotopic (exact) mass is 257 g/mol. The number of carbonyl (C=O) groups excluding carboxylic acids is 1. The highest BCUT2D eigenvalue weighted by atomic mass is 35.5. The molecule has 0 N–H and O–H groups in total. The molecule has 0 saturated carbocycles. The van der Waals surface area contributed by atoms with Gasteiger partial charge in [-0.05, 0) is 19.1 Å². The second-order valence-electron chi connectivity index (χ2n) is 3.15. The van der Waals surface area contributed by atoms with Crippen LogP contribution in [0.1, 0.15) is 6.92 Å². The van der Waals surface area contributed by atoms with E-state index >= 15 is 0 Å². The molecule has 0 aromatic heterocycles. The van der Waals surface area contributed by atoms with Crippen LogP contribution in [0.15, 0.2) is 24.3 Å². The molecule has 1 aromatic rings. The lowest BCUT2D eigenvalue weighted by Gasteiger charge is -2.16. The number of benzene rings is 1. The molecule has 1 amide bonds. The summed E-state index contributed by atoms with van der Waals surface area (Å²) in [5.41, 5.74) is 0.672. The Kier molecular flexibility index (Phi) is 3.00. The van der Waals surface area contributed by atoms with Gasteiger partial charge in [0.05, 0.1) is 16.0 Å². The highest BCUT2D eigenvalue weighted by Gasteiger charge is 2.35. The van der Waals surface area contributed by atoms with Gasteiger partial charge in [0.15, 0.2) is 0 Å². The maximum atomic E-state index is 11.8. The maximum Gasteiger partial charge on any atom is 0.245 e. The molecule has 2 nitrogen and oxygen atoms in total. The second-order valence-corrected chi connectivity index (χ2v) is 5.53. The van der Waals surface area contributed by atoms with Crippen molar-refractivity contribution >= 4 is 51.5 Å². The van der Waals surface area contributed by atoms with Gasteiger partial charge < -0.3 is 0 Å². The zero-order chi connectivity index (χ0) is 11.0. The van der Waals surface area contributed by atoms with Crippen molar-refractivity contribution in [2.45, 2.75) is 12.2 Å². The van der Waals surface area contributed by atoms with Crippen LogP contribution in [0.3, 0.4) is 0 Å². The van der Waals surface area contributed by atoms with Gasteiger partial charge in [-0.2, -0.15) is 0 Å². The van der Waals surface area contributed by atoms with Crippen molar-refractivity contribution in [3.63, 3.8) is 0 Å². The third-order valence-electron chi connectivity index (χ3n) is 2.12. The Morgan fingerprint density at radius 2 is 2.13 bits per heavy atom. The summed E-state index contributed by atoms with van der Waals surface area (Å²) in [6, 6.07) is 7.21. The number of amides is 1. The molecule has 5 heteroatoms. The van der Waals surface area contributed by atoms with Crippen molar-refractivity contribution in [1.82, 2.24) is 0 Å². The van der Waals surface area contributed by atoms with Crippen LogP contribution in [0.25, 0.3) is 0 Å². The van der Waals surface area contributed by atoms with Gasteiger partial charge in [0.2, 0.25) is 5.91 Å². The predicted octanol–water partition coefficient (Wildman–Crippen LogP) is 3.09. The summed E-state index contributed by atoms with van der Waals surface area (Å²) in [6.45, 7) is 1.84. The van der Waals surface area contributed by atoms with E-state index < -0.39 is 0 Å². The van der Waals surface area contributed by atoms with Gasteiger partial charge in [-0.1, -0.05) is 47.7 Å². The lowest BCUT2D eigenvalue weighted by atomic mass is 10.3. The molecule has 1 aromatic carbocycles. The molecule has 0 radical (unpaired) electrons. The number of hydrogen-bond acceptors (Lipinski definition) is 3. The van der Waals surface area contributed by atoms with Gasteiger partial charge in [0, 0.05) is 0 Å². The molecule has 0 bridgehead atoms. The van der Waals surface area contributed by atoms with Crippen molar-refractivity contribution in [3.05, 3.63) is 29.3 Å². The molecule has 1 fully saturated rings. The van der Waals surface area contributed by atoms with Crippen LogP contribution in [-0.2, 0) is 4.79 Å². The first-order chi connectivity index (χ1) is 7.11. The summed E-state index contributed by atoms with van der Waals surface area (Å²) in [4.78, 5) is 13.3. The van der Waals surface area contributed by atoms with Crippen LogP contribution >= 0.6 is 35.6 Å². The van der Waals surface area contributed by atoms with Crippen molar-refractivity contribution < 1.29 is 4.79 Å². The molecule has 1 aliphatic heterocycles. The number of hydrogen-bond donors (Lipinski definition) is 0. The molecule has 0 aliphatic carbocycles. The van der Waals surface area contributed by atoms with Crippen LogP contribution < -0.4 is 4.90 Å². The van der Waals surface area contributed by atoms with E-state index in [-0.39, 0.29) is 11.2 Å². The number of rotatable bonds is 1. The molecule has 2 rings (SSSR count). The van der Waals surface area contributed by atoms with E-state index in [4.69, 9.17) is 23.8 Å². The Labute approximate surface area is 103 Å². The fraction of sp³-hybridized carbons (Fsp3) is 0.200. The summed E-state index contributed by atoms with van der Waals surface area (Å²) < 4.78 is 0.570. The summed E-state index contributed by atoms with van der Waals surface area (Å²) in [5.74, 6) is -0.00176. The largest absolute Gasteiger partial charge is 0.273 e. The standard InChI is InChI=1S/C10H8ClNOS2/c1-6-9(13)12(10(14)15-6)8-5-3-2-4-7(8)11/h2-6H,1H3. The van der Waals surface area contributed by atoms with E-state index in [0.717, 1.165) is 0 Å². The fourth-order valence-corrected chi connectivity index (χ4v) is 3.02. The summed E-state index contributed by atoms with van der Waals surface area (Å²) >= 11 is 12.6. The Bertz CT molecular complexity index is 435. The zero-order valence-corrected chi connectivity index (χ0v) is 10.3. The Morgan fingerprint density at radius 3 is 2.67 bits per heavy atom. The van der Waals surface area contributed by atoms with E-state index in [2.05, 4.69) is 0 Å². The molecule has 78 valence electrons. The second kappa shape index (κ2) is 4.12. The van der Waals surface area contributed by atoms with Crippen LogP contribution in [0.4, 0.5) is 5.69 Å². The predicted molar refractivity (Wildman–Crippen MR) is 68.6 cm³/mol. The lowest BCUT2D eigenvalue weighted by molar-refractivity contribution is -0.116. The third-order valence-corrected chi connectivity index (χ3v) is 3.85. The summed E-state index contributed by atoms with van der Waals surface area (Å²) in [6.07, 6.45) is 0.